The number of amides is 1. The number of carbonyl (C=O) groups excluding carboxylic acids is 1. The van der Waals surface area contributed by atoms with Crippen molar-refractivity contribution in [1.82, 2.24) is 19.9 Å². The molecule has 8 heteroatoms. The van der Waals surface area contributed by atoms with E-state index in [1.165, 1.54) is 5.56 Å². The molecule has 206 valence electrons. The lowest BCUT2D eigenvalue weighted by Crippen LogP contribution is -2.36. The molecular weight excluding hydrogens is 504 g/mol. The molecule has 0 aliphatic carbocycles. The monoisotopic (exact) mass is 538 g/mol. The minimum absolute atomic E-state index is 0.000462. The Balaban J connectivity index is 1.49. The maximum atomic E-state index is 13.4. The smallest absolute Gasteiger partial charge is 0.310 e. The highest BCUT2D eigenvalue weighted by Crippen LogP contribution is 2.44. The molecule has 0 fully saturated rings. The average molecular weight is 539 g/mol. The van der Waals surface area contributed by atoms with Crippen LogP contribution < -0.4 is 0 Å². The Morgan fingerprint density at radius 3 is 2.62 bits per heavy atom. The van der Waals surface area contributed by atoms with Crippen molar-refractivity contribution in [1.29, 1.82) is 0 Å². The van der Waals surface area contributed by atoms with Crippen molar-refractivity contribution in [3.63, 3.8) is 0 Å². The summed E-state index contributed by atoms with van der Waals surface area (Å²) >= 11 is 0. The zero-order valence-corrected chi connectivity index (χ0v) is 23.2. The number of carbonyl (C=O) groups is 2. The second-order valence-electron chi connectivity index (χ2n) is 11.5. The van der Waals surface area contributed by atoms with E-state index in [0.717, 1.165) is 51.7 Å². The van der Waals surface area contributed by atoms with Gasteiger partial charge in [0.25, 0.3) is 5.91 Å². The van der Waals surface area contributed by atoms with Gasteiger partial charge in [0.2, 0.25) is 0 Å². The van der Waals surface area contributed by atoms with Gasteiger partial charge in [0.1, 0.15) is 5.52 Å². The fourth-order valence-corrected chi connectivity index (χ4v) is 6.13. The highest BCUT2D eigenvalue weighted by atomic mass is 16.5. The number of ether oxygens (including phenoxy) is 1. The van der Waals surface area contributed by atoms with Gasteiger partial charge in [-0.05, 0) is 85.2 Å². The molecule has 1 amide bonds. The Hall–Kier alpha value is -4.04. The molecule has 0 saturated heterocycles. The third-order valence-electron chi connectivity index (χ3n) is 8.56. The van der Waals surface area contributed by atoms with Crippen molar-refractivity contribution in [2.75, 3.05) is 13.2 Å². The predicted molar refractivity (Wildman–Crippen MR) is 151 cm³/mol. The fourth-order valence-electron chi connectivity index (χ4n) is 6.13. The normalized spacial score (nSPS) is 18.0. The number of carboxylic acids is 1. The zero-order chi connectivity index (χ0) is 28.0. The van der Waals surface area contributed by atoms with Crippen molar-refractivity contribution in [2.45, 2.75) is 59.2 Å². The molecule has 5 aliphatic rings. The van der Waals surface area contributed by atoms with E-state index in [2.05, 4.69) is 28.5 Å². The largest absolute Gasteiger partial charge is 0.481 e. The minimum atomic E-state index is -1.10. The molecule has 1 N–H and O–H groups in total. The predicted octanol–water partition coefficient (Wildman–Crippen LogP) is 5.10. The van der Waals surface area contributed by atoms with Crippen LogP contribution in [-0.2, 0) is 35.6 Å². The number of rotatable bonds is 2. The molecule has 3 aromatic carbocycles. The molecule has 9 rings (SSSR count). The summed E-state index contributed by atoms with van der Waals surface area (Å²) < 4.78 is 7.79. The molecule has 9 bridgehead atoms. The lowest BCUT2D eigenvalue weighted by molar-refractivity contribution is -0.147. The van der Waals surface area contributed by atoms with Gasteiger partial charge in [-0.1, -0.05) is 41.6 Å². The summed E-state index contributed by atoms with van der Waals surface area (Å²) in [4.78, 5) is 27.9. The van der Waals surface area contributed by atoms with Gasteiger partial charge in [-0.15, -0.1) is 5.10 Å². The molecule has 5 aliphatic heterocycles. The van der Waals surface area contributed by atoms with Crippen molar-refractivity contribution >= 4 is 22.9 Å². The summed E-state index contributed by atoms with van der Waals surface area (Å²) in [5, 5.41) is 19.3. The van der Waals surface area contributed by atoms with Crippen molar-refractivity contribution < 1.29 is 19.4 Å². The number of aromatic nitrogens is 3. The molecule has 1 aromatic heterocycles. The summed E-state index contributed by atoms with van der Waals surface area (Å²) in [6.45, 7) is 8.40. The number of benzene rings is 3. The van der Waals surface area contributed by atoms with Crippen molar-refractivity contribution in [3.05, 3.63) is 93.5 Å². The van der Waals surface area contributed by atoms with E-state index in [9.17, 15) is 14.7 Å². The first-order chi connectivity index (χ1) is 19.2. The van der Waals surface area contributed by atoms with Gasteiger partial charge in [-0.3, -0.25) is 9.59 Å². The first kappa shape index (κ1) is 26.2. The van der Waals surface area contributed by atoms with E-state index >= 15 is 0 Å². The van der Waals surface area contributed by atoms with E-state index in [1.807, 2.05) is 52.9 Å². The lowest BCUT2D eigenvalue weighted by Gasteiger charge is -2.34. The van der Waals surface area contributed by atoms with Crippen LogP contribution in [0.25, 0.3) is 11.0 Å². The van der Waals surface area contributed by atoms with Crippen LogP contribution >= 0.6 is 0 Å². The maximum Gasteiger partial charge on any atom is 0.310 e. The van der Waals surface area contributed by atoms with Crippen LogP contribution in [0.1, 0.15) is 69.9 Å². The summed E-state index contributed by atoms with van der Waals surface area (Å²) in [7, 11) is 0. The molecule has 0 saturated carbocycles. The average Bonchev–Trinajstić information content (AvgIpc) is 3.37. The third-order valence-corrected chi connectivity index (χ3v) is 8.56. The van der Waals surface area contributed by atoms with Gasteiger partial charge in [0, 0.05) is 37.7 Å². The number of aryl methyl sites for hydroxylation is 2. The Morgan fingerprint density at radius 1 is 1.05 bits per heavy atom. The Labute approximate surface area is 233 Å². The molecular formula is C32H34N4O4. The van der Waals surface area contributed by atoms with Gasteiger partial charge >= 0.3 is 5.97 Å². The highest BCUT2D eigenvalue weighted by Gasteiger charge is 2.40. The van der Waals surface area contributed by atoms with E-state index in [0.29, 0.717) is 38.4 Å². The Bertz CT molecular complexity index is 1610. The molecule has 4 aromatic rings. The van der Waals surface area contributed by atoms with Crippen LogP contribution in [0, 0.1) is 12.3 Å². The van der Waals surface area contributed by atoms with Crippen molar-refractivity contribution in [3.8, 4) is 0 Å². The zero-order valence-electron chi connectivity index (χ0n) is 23.2. The second-order valence-corrected chi connectivity index (χ2v) is 11.5. The van der Waals surface area contributed by atoms with Crippen LogP contribution in [-0.4, -0.2) is 50.0 Å². The van der Waals surface area contributed by atoms with Crippen LogP contribution in [0.2, 0.25) is 0 Å². The first-order valence-corrected chi connectivity index (χ1v) is 13.9. The number of aliphatic carboxylic acids is 1. The molecule has 8 nitrogen and oxygen atoms in total. The molecule has 40 heavy (non-hydrogen) atoms. The third kappa shape index (κ3) is 4.56. The molecule has 1 unspecified atom stereocenters. The number of carboxylic acid groups (broad SMARTS) is 1. The second kappa shape index (κ2) is 10.2. The van der Waals surface area contributed by atoms with Gasteiger partial charge < -0.3 is 14.7 Å². The standard InChI is InChI=1S/C32H34N4O4/c1-20-26-11-12-27-29(20)33-34-36(27)14-4-16-40-19-21-5-7-23(8-6-21)30(37)35-15-13-22-9-10-24(17-25(22)18-35)28(26)32(2,3)31(38)39/h5-12,17,28H,4,13-16,18-19H2,1-3H3,(H,38,39). The quantitative estimate of drug-likeness (QED) is 0.381. The maximum absolute atomic E-state index is 13.4. The first-order valence-electron chi connectivity index (χ1n) is 13.9. The van der Waals surface area contributed by atoms with Crippen LogP contribution in [0.4, 0.5) is 0 Å². The molecule has 0 radical (unpaired) electrons. The highest BCUT2D eigenvalue weighted by molar-refractivity contribution is 5.94. The number of hydrogen-bond acceptors (Lipinski definition) is 5. The molecule has 6 heterocycles. The summed E-state index contributed by atoms with van der Waals surface area (Å²) in [5.74, 6) is -1.30. The van der Waals surface area contributed by atoms with Crippen molar-refractivity contribution in [2.24, 2.45) is 5.41 Å². The summed E-state index contributed by atoms with van der Waals surface area (Å²) in [6, 6.07) is 18.0. The number of nitrogens with zero attached hydrogens (tertiary/aromatic N) is 4. The minimum Gasteiger partial charge on any atom is -0.481 e. The van der Waals surface area contributed by atoms with E-state index in [-0.39, 0.29) is 5.91 Å². The van der Waals surface area contributed by atoms with E-state index in [4.69, 9.17) is 4.74 Å². The van der Waals surface area contributed by atoms with Crippen LogP contribution in [0.3, 0.4) is 0 Å². The van der Waals surface area contributed by atoms with Gasteiger partial charge in [-0.25, -0.2) is 4.68 Å². The van der Waals surface area contributed by atoms with Crippen LogP contribution in [0.15, 0.2) is 54.6 Å². The summed E-state index contributed by atoms with van der Waals surface area (Å²) in [5.41, 5.74) is 7.32. The lowest BCUT2D eigenvalue weighted by atomic mass is 9.69. The topological polar surface area (TPSA) is 97.5 Å². The van der Waals surface area contributed by atoms with Gasteiger partial charge in [0.15, 0.2) is 0 Å². The van der Waals surface area contributed by atoms with Gasteiger partial charge in [0.05, 0.1) is 17.5 Å². The molecule has 1 atom stereocenters. The summed E-state index contributed by atoms with van der Waals surface area (Å²) in [6.07, 6.45) is 1.53. The van der Waals surface area contributed by atoms with E-state index < -0.39 is 17.3 Å². The Kier molecular flexibility index (Phi) is 6.66. The van der Waals surface area contributed by atoms with Gasteiger partial charge in [-0.2, -0.15) is 0 Å². The van der Waals surface area contributed by atoms with Crippen LogP contribution in [0.5, 0.6) is 0 Å². The molecule has 0 spiro atoms. The SMILES string of the molecule is Cc1c2ccc3c1nnn3CCCOCc1ccc(cc1)C(=O)N1CCc3ccc(cc3C1)C2C(C)(C)C(=O)O. The number of hydrogen-bond donors (Lipinski definition) is 1. The van der Waals surface area contributed by atoms with E-state index in [1.54, 1.807) is 13.8 Å². The Morgan fingerprint density at radius 2 is 1.85 bits per heavy atom. The fraction of sp³-hybridized carbons (Fsp3) is 0.375.